The Hall–Kier alpha value is -1.10. The molecule has 0 spiro atoms. The first-order chi connectivity index (χ1) is 9.24. The van der Waals surface area contributed by atoms with E-state index in [-0.39, 0.29) is 12.2 Å². The van der Waals surface area contributed by atoms with Crippen molar-refractivity contribution in [2.24, 2.45) is 0 Å². The number of rotatable bonds is 6. The molecule has 1 heterocycles. The molecule has 1 aromatic carbocycles. The van der Waals surface area contributed by atoms with Gasteiger partial charge in [0.2, 0.25) is 0 Å². The number of ether oxygens (including phenoxy) is 2. The van der Waals surface area contributed by atoms with Crippen LogP contribution in [0.1, 0.15) is 6.92 Å². The largest absolute Gasteiger partial charge is 0.383 e. The van der Waals surface area contributed by atoms with E-state index in [4.69, 9.17) is 9.47 Å². The predicted molar refractivity (Wildman–Crippen MR) is 77.6 cm³/mol. The summed E-state index contributed by atoms with van der Waals surface area (Å²) in [6, 6.07) is 10.8. The van der Waals surface area contributed by atoms with E-state index in [1.54, 1.807) is 14.2 Å². The predicted octanol–water partition coefficient (Wildman–Crippen LogP) is 1.83. The van der Waals surface area contributed by atoms with Gasteiger partial charge in [0, 0.05) is 45.6 Å². The number of benzene rings is 1. The fraction of sp³-hybridized carbons (Fsp3) is 0.600. The number of nitrogens with one attached hydrogen (secondary N) is 1. The second-order valence-corrected chi connectivity index (χ2v) is 5.10. The molecule has 1 aliphatic heterocycles. The summed E-state index contributed by atoms with van der Waals surface area (Å²) in [5, 5.41) is 3.46. The monoisotopic (exact) mass is 264 g/mol. The number of hydrogen-bond donors (Lipinski definition) is 1. The van der Waals surface area contributed by atoms with Crippen LogP contribution in [0.4, 0.5) is 5.69 Å². The molecule has 1 aromatic rings. The highest BCUT2D eigenvalue weighted by molar-refractivity contribution is 5.42. The first kappa shape index (κ1) is 14.3. The molecule has 3 unspecified atom stereocenters. The minimum atomic E-state index is 0.184. The average Bonchev–Trinajstić information content (AvgIpc) is 2.89. The van der Waals surface area contributed by atoms with E-state index < -0.39 is 0 Å². The molecule has 0 aliphatic carbocycles. The number of nitrogens with zero attached hydrogens (tertiary/aromatic N) is 1. The molecule has 0 bridgehead atoms. The number of anilines is 1. The standard InChI is InChI=1S/C15H24N2O2/c1-12(9-16-13-7-5-4-6-8-13)17-10-14(18-2)15(11-17)19-3/h4-8,12,14-16H,9-11H2,1-3H3. The van der Waals surface area contributed by atoms with Gasteiger partial charge in [-0.2, -0.15) is 0 Å². The molecule has 1 aliphatic rings. The zero-order valence-corrected chi connectivity index (χ0v) is 12.0. The summed E-state index contributed by atoms with van der Waals surface area (Å²) in [7, 11) is 3.51. The fourth-order valence-corrected chi connectivity index (χ4v) is 2.54. The summed E-state index contributed by atoms with van der Waals surface area (Å²) >= 11 is 0. The van der Waals surface area contributed by atoms with Crippen molar-refractivity contribution >= 4 is 5.69 Å². The zero-order chi connectivity index (χ0) is 13.7. The number of para-hydroxylation sites is 1. The molecular formula is C15H24N2O2. The van der Waals surface area contributed by atoms with Crippen LogP contribution in [-0.2, 0) is 9.47 Å². The van der Waals surface area contributed by atoms with Gasteiger partial charge in [0.15, 0.2) is 0 Å². The Balaban J connectivity index is 1.82. The lowest BCUT2D eigenvalue weighted by Gasteiger charge is -2.24. The Morgan fingerprint density at radius 2 is 1.74 bits per heavy atom. The average molecular weight is 264 g/mol. The summed E-state index contributed by atoms with van der Waals surface area (Å²) in [5.74, 6) is 0. The van der Waals surface area contributed by atoms with Crippen molar-refractivity contribution in [3.05, 3.63) is 30.3 Å². The highest BCUT2D eigenvalue weighted by atomic mass is 16.5. The lowest BCUT2D eigenvalue weighted by atomic mass is 10.2. The van der Waals surface area contributed by atoms with Crippen LogP contribution in [-0.4, -0.2) is 57.0 Å². The maximum absolute atomic E-state index is 5.47. The quantitative estimate of drug-likeness (QED) is 0.850. The third-order valence-electron chi connectivity index (χ3n) is 3.85. The number of likely N-dealkylation sites (tertiary alicyclic amines) is 1. The maximum atomic E-state index is 5.47. The lowest BCUT2D eigenvalue weighted by Crippen LogP contribution is -2.37. The van der Waals surface area contributed by atoms with Crippen molar-refractivity contribution < 1.29 is 9.47 Å². The third-order valence-corrected chi connectivity index (χ3v) is 3.85. The molecule has 1 N–H and O–H groups in total. The Labute approximate surface area is 115 Å². The van der Waals surface area contributed by atoms with Crippen molar-refractivity contribution in [3.8, 4) is 0 Å². The Bertz CT molecular complexity index is 360. The zero-order valence-electron chi connectivity index (χ0n) is 12.0. The van der Waals surface area contributed by atoms with E-state index in [0.29, 0.717) is 6.04 Å². The molecular weight excluding hydrogens is 240 g/mol. The van der Waals surface area contributed by atoms with Gasteiger partial charge in [0.1, 0.15) is 0 Å². The molecule has 0 aromatic heterocycles. The van der Waals surface area contributed by atoms with Crippen LogP contribution in [0.2, 0.25) is 0 Å². The number of methoxy groups -OCH3 is 2. The molecule has 19 heavy (non-hydrogen) atoms. The topological polar surface area (TPSA) is 33.7 Å². The Morgan fingerprint density at radius 3 is 2.26 bits per heavy atom. The van der Waals surface area contributed by atoms with Crippen LogP contribution in [0.25, 0.3) is 0 Å². The van der Waals surface area contributed by atoms with Crippen LogP contribution in [0.15, 0.2) is 30.3 Å². The highest BCUT2D eigenvalue weighted by Gasteiger charge is 2.34. The van der Waals surface area contributed by atoms with Gasteiger partial charge in [-0.15, -0.1) is 0 Å². The van der Waals surface area contributed by atoms with Crippen molar-refractivity contribution in [3.63, 3.8) is 0 Å². The van der Waals surface area contributed by atoms with Crippen LogP contribution in [0.5, 0.6) is 0 Å². The van der Waals surface area contributed by atoms with Gasteiger partial charge in [0.25, 0.3) is 0 Å². The molecule has 4 heteroatoms. The third kappa shape index (κ3) is 3.69. The van der Waals surface area contributed by atoms with E-state index in [0.717, 1.165) is 19.6 Å². The first-order valence-electron chi connectivity index (χ1n) is 6.83. The lowest BCUT2D eigenvalue weighted by molar-refractivity contribution is -0.00461. The second-order valence-electron chi connectivity index (χ2n) is 5.10. The number of hydrogen-bond acceptors (Lipinski definition) is 4. The van der Waals surface area contributed by atoms with Crippen molar-refractivity contribution in [2.45, 2.75) is 25.2 Å². The molecule has 0 radical (unpaired) electrons. The van der Waals surface area contributed by atoms with Gasteiger partial charge in [0.05, 0.1) is 12.2 Å². The minimum Gasteiger partial charge on any atom is -0.383 e. The second kappa shape index (κ2) is 6.89. The molecule has 0 saturated carbocycles. The smallest absolute Gasteiger partial charge is 0.0971 e. The van der Waals surface area contributed by atoms with Gasteiger partial charge in [-0.3, -0.25) is 4.90 Å². The van der Waals surface area contributed by atoms with Crippen molar-refractivity contribution in [1.29, 1.82) is 0 Å². The van der Waals surface area contributed by atoms with Crippen LogP contribution in [0.3, 0.4) is 0 Å². The summed E-state index contributed by atoms with van der Waals surface area (Å²) in [6.07, 6.45) is 0.369. The molecule has 1 fully saturated rings. The fourth-order valence-electron chi connectivity index (χ4n) is 2.54. The van der Waals surface area contributed by atoms with Gasteiger partial charge in [-0.25, -0.2) is 0 Å². The van der Waals surface area contributed by atoms with Gasteiger partial charge >= 0.3 is 0 Å². The van der Waals surface area contributed by atoms with Gasteiger partial charge in [-0.1, -0.05) is 18.2 Å². The molecule has 2 rings (SSSR count). The Morgan fingerprint density at radius 1 is 1.16 bits per heavy atom. The van der Waals surface area contributed by atoms with Gasteiger partial charge in [-0.05, 0) is 19.1 Å². The van der Waals surface area contributed by atoms with Crippen LogP contribution >= 0.6 is 0 Å². The van der Waals surface area contributed by atoms with E-state index in [1.807, 2.05) is 18.2 Å². The molecule has 0 amide bonds. The molecule has 4 nitrogen and oxygen atoms in total. The van der Waals surface area contributed by atoms with Crippen LogP contribution in [0, 0.1) is 0 Å². The van der Waals surface area contributed by atoms with Crippen molar-refractivity contribution in [1.82, 2.24) is 4.90 Å². The van der Waals surface area contributed by atoms with E-state index in [2.05, 4.69) is 29.3 Å². The molecule has 106 valence electrons. The normalized spacial score (nSPS) is 25.4. The van der Waals surface area contributed by atoms with Gasteiger partial charge < -0.3 is 14.8 Å². The Kier molecular flexibility index (Phi) is 5.19. The van der Waals surface area contributed by atoms with E-state index in [1.165, 1.54) is 5.69 Å². The first-order valence-corrected chi connectivity index (χ1v) is 6.83. The molecule has 1 saturated heterocycles. The van der Waals surface area contributed by atoms with Crippen molar-refractivity contribution in [2.75, 3.05) is 39.2 Å². The van der Waals surface area contributed by atoms with E-state index >= 15 is 0 Å². The van der Waals surface area contributed by atoms with E-state index in [9.17, 15) is 0 Å². The van der Waals surface area contributed by atoms with Crippen LogP contribution < -0.4 is 5.32 Å². The maximum Gasteiger partial charge on any atom is 0.0971 e. The minimum absolute atomic E-state index is 0.184. The SMILES string of the molecule is COC1CN(C(C)CNc2ccccc2)CC1OC. The highest BCUT2D eigenvalue weighted by Crippen LogP contribution is 2.18. The molecule has 3 atom stereocenters. The summed E-state index contributed by atoms with van der Waals surface area (Å²) in [5.41, 5.74) is 1.17. The summed E-state index contributed by atoms with van der Waals surface area (Å²) in [6.45, 7) is 5.04. The summed E-state index contributed by atoms with van der Waals surface area (Å²) < 4.78 is 10.9. The summed E-state index contributed by atoms with van der Waals surface area (Å²) in [4.78, 5) is 2.41.